The van der Waals surface area contributed by atoms with Crippen LogP contribution in [0.3, 0.4) is 0 Å². The Balaban J connectivity index is 0.000000114. The van der Waals surface area contributed by atoms with E-state index in [0.29, 0.717) is 188 Å². The molecule has 0 aromatic carbocycles. The molecule has 0 heterocycles. The molecule has 12 nitrogen and oxygen atoms in total. The fourth-order valence-electron chi connectivity index (χ4n) is 44.8. The van der Waals surface area contributed by atoms with Gasteiger partial charge in [-0.25, -0.2) is 0 Å². The van der Waals surface area contributed by atoms with Crippen LogP contribution in [0.5, 0.6) is 0 Å². The first-order valence-electron chi connectivity index (χ1n) is 64.9. The zero-order chi connectivity index (χ0) is 110. The molecule has 24 rings (SSSR count). The molecule has 6 N–H and O–H groups in total. The maximum Gasteiger partial charge on any atom is 0.133 e. The molecule has 12 heteroatoms. The van der Waals surface area contributed by atoms with Crippen LogP contribution >= 0.6 is 0 Å². The predicted molar refractivity (Wildman–Crippen MR) is 561 cm³/mol. The van der Waals surface area contributed by atoms with E-state index in [2.05, 4.69) is 83.1 Å². The van der Waals surface area contributed by atoms with E-state index in [1.54, 1.807) is 41.5 Å². The molecule has 0 aromatic heterocycles. The van der Waals surface area contributed by atoms with Gasteiger partial charge in [-0.05, 0) is 609 Å². The van der Waals surface area contributed by atoms with Crippen LogP contribution in [0.2, 0.25) is 0 Å². The van der Waals surface area contributed by atoms with Gasteiger partial charge in [-0.15, -0.1) is 0 Å². The molecule has 0 aliphatic heterocycles. The lowest BCUT2D eigenvalue weighted by atomic mass is 9.44. The van der Waals surface area contributed by atoms with Gasteiger partial charge in [-0.3, -0.25) is 28.8 Å². The first kappa shape index (κ1) is 92.7. The third-order valence-corrected chi connectivity index (χ3v) is 52.4. The van der Waals surface area contributed by atoms with E-state index in [-0.39, 0.29) is 119 Å². The van der Waals surface area contributed by atoms with Crippen molar-refractivity contribution in [3.05, 3.63) is 0 Å². The van der Waals surface area contributed by atoms with Crippen LogP contribution in [0.15, 0.2) is 0 Å². The molecule has 0 amide bonds. The van der Waals surface area contributed by atoms with Gasteiger partial charge < -0.3 is 30.6 Å². The summed E-state index contributed by atoms with van der Waals surface area (Å²) in [6.45, 7) is 41.5. The minimum Gasteiger partial charge on any atom is -0.393 e. The van der Waals surface area contributed by atoms with Crippen molar-refractivity contribution in [2.75, 3.05) is 0 Å². The van der Waals surface area contributed by atoms with Crippen LogP contribution in [0.4, 0.5) is 0 Å². The molecule has 0 radical (unpaired) electrons. The summed E-state index contributed by atoms with van der Waals surface area (Å²) in [6.07, 6.45) is 46.2. The average Bonchev–Trinajstić information content (AvgIpc) is 1.60. The van der Waals surface area contributed by atoms with E-state index in [1.807, 2.05) is 13.8 Å². The molecule has 48 atom stereocenters. The van der Waals surface area contributed by atoms with Gasteiger partial charge in [0.15, 0.2) is 0 Å². The summed E-state index contributed by atoms with van der Waals surface area (Å²) in [4.78, 5) is 73.7. The monoisotopic (exact) mass is 1950 g/mol. The third-order valence-electron chi connectivity index (χ3n) is 52.4. The minimum absolute atomic E-state index is 0.0139. The van der Waals surface area contributed by atoms with Crippen molar-refractivity contribution >= 4 is 34.7 Å². The summed E-state index contributed by atoms with van der Waals surface area (Å²) in [7, 11) is 0. The summed E-state index contributed by atoms with van der Waals surface area (Å²) in [6, 6.07) is 0. The predicted octanol–water partition coefficient (Wildman–Crippen LogP) is 28.4. The number of carbonyl (C=O) groups is 6. The van der Waals surface area contributed by atoms with Crippen LogP contribution < -0.4 is 0 Å². The molecule has 24 saturated carbocycles. The smallest absolute Gasteiger partial charge is 0.133 e. The largest absolute Gasteiger partial charge is 0.393 e. The van der Waals surface area contributed by atoms with Gasteiger partial charge in [0, 0.05) is 47.7 Å². The second-order valence-electron chi connectivity index (χ2n) is 58.2. The van der Waals surface area contributed by atoms with Crippen LogP contribution in [-0.4, -0.2) is 101 Å². The second kappa shape index (κ2) is 38.5. The summed E-state index contributed by atoms with van der Waals surface area (Å²) in [5.41, 5.74) is -1.61. The molecule has 0 saturated heterocycles. The summed E-state index contributed by atoms with van der Waals surface area (Å²) < 4.78 is 98.1. The highest BCUT2D eigenvalue weighted by Crippen LogP contribution is 2.77. The Kier molecular flexibility index (Phi) is 25.5. The molecular weight excluding hydrogens is 1730 g/mol. The zero-order valence-corrected chi connectivity index (χ0v) is 92.1. The average molecular weight is 1950 g/mol. The number of hydrogen-bond acceptors (Lipinski definition) is 12. The Labute approximate surface area is 867 Å². The van der Waals surface area contributed by atoms with Crippen LogP contribution in [0.1, 0.15) is 500 Å². The van der Waals surface area contributed by atoms with E-state index in [0.717, 1.165) is 250 Å². The number of rotatable bonds is 6. The Morgan fingerprint density at radius 3 is 0.743 bits per heavy atom. The first-order chi connectivity index (χ1) is 69.6. The van der Waals surface area contributed by atoms with E-state index in [4.69, 9.17) is 12.3 Å². The minimum atomic E-state index is -1.45. The molecule has 0 bridgehead atoms. The molecule has 24 aliphatic rings. The van der Waals surface area contributed by atoms with Gasteiger partial charge in [0.05, 0.1) is 38.3 Å². The molecule has 24 fully saturated rings. The van der Waals surface area contributed by atoms with Crippen molar-refractivity contribution in [3.8, 4) is 0 Å². The van der Waals surface area contributed by atoms with E-state index in [9.17, 15) is 62.1 Å². The second-order valence-corrected chi connectivity index (χ2v) is 58.2. The van der Waals surface area contributed by atoms with Gasteiger partial charge in [0.25, 0.3) is 0 Å². The maximum absolute atomic E-state index is 12.4. The number of ketones is 6. The Morgan fingerprint density at radius 2 is 0.436 bits per heavy atom. The maximum atomic E-state index is 12.4. The van der Waals surface area contributed by atoms with Gasteiger partial charge in [-0.2, -0.15) is 0 Å². The van der Waals surface area contributed by atoms with Gasteiger partial charge >= 0.3 is 0 Å². The van der Waals surface area contributed by atoms with Crippen LogP contribution in [0.25, 0.3) is 0 Å². The van der Waals surface area contributed by atoms with Gasteiger partial charge in [-0.1, -0.05) is 83.1 Å². The van der Waals surface area contributed by atoms with E-state index >= 15 is 0 Å². The van der Waals surface area contributed by atoms with Crippen LogP contribution in [0, 0.1) is 242 Å². The van der Waals surface area contributed by atoms with E-state index in [1.165, 1.54) is 25.7 Å². The number of aliphatic hydroxyl groups excluding tert-OH is 2. The molecule has 0 unspecified atom stereocenters. The van der Waals surface area contributed by atoms with Crippen LogP contribution in [-0.2, 0) is 28.8 Å². The number of Topliss-reactive ketones (excluding diaryl/α,β-unsaturated/α-hetero) is 6. The zero-order valence-electron chi connectivity index (χ0n) is 103. The normalized spacial score (nSPS) is 63.0. The SMILES string of the molecule is [2H][C@@]1(O)CC[C@@]2(C)[C@H](CC[C@@H]3[C@@H]2CC[C@@]2(C)[C@H]3CC[C@]2([2H])C(C)=O)C1.[2H][C@@]1(O)CC[C@]2(C)[C@H]3CC[C@@]4(C)[C@@H](CC[C@]4([2H])C(C)=O)[C@@H]3CC[C@@]2([2H])C1.[2H][C@]12CC[C@H]3[C@@H]4CC[C@H](C(C)=O)[C@@]4(C)CC[C@@H]3[C@@]1(C)CC[C@@](C)(O)C2.[2H][C@]12CC[C@H]3[C@@H]4CC[C@H](C(C)=O)[C@@]4(C)CC[C@@H]3[C@@]1(C)CC[C@H](O)C2.[2H][C@]12CC[C@H]3[C@@H]4CC[C@]([2H])(C(C)=O)[C@@]4(C)CC[C@@H]3[C@@]1(C)CC[C@@H](O)C2.[2H][C@]12CC[C@H]3[C@@H]4CC[C@]([2H])(C(C)=O)[C@@]4(C)CC[C@@H]3[C@@]1(C)CC[C@@](C)(O)C2. The van der Waals surface area contributed by atoms with Crippen molar-refractivity contribution in [2.45, 2.75) is 521 Å². The summed E-state index contributed by atoms with van der Waals surface area (Å²) >= 11 is 0. The fourth-order valence-corrected chi connectivity index (χ4v) is 44.8. The van der Waals surface area contributed by atoms with Crippen molar-refractivity contribution in [2.24, 2.45) is 242 Å². The Hall–Kier alpha value is -2.22. The topological polar surface area (TPSA) is 224 Å². The highest BCUT2D eigenvalue weighted by molar-refractivity contribution is 5.82. The summed E-state index contributed by atoms with van der Waals surface area (Å²) in [5.74, 6) is 5.84. The van der Waals surface area contributed by atoms with Gasteiger partial charge in [0.2, 0.25) is 0 Å². The van der Waals surface area contributed by atoms with Crippen molar-refractivity contribution in [1.82, 2.24) is 0 Å². The number of hydrogen-bond donors (Lipinski definition) is 6. The van der Waals surface area contributed by atoms with Crippen molar-refractivity contribution in [3.63, 3.8) is 0 Å². The highest BCUT2D eigenvalue weighted by atomic mass is 16.3. The van der Waals surface area contributed by atoms with E-state index < -0.39 is 76.4 Å². The summed E-state index contributed by atoms with van der Waals surface area (Å²) in [5, 5.41) is 62.1. The standard InChI is InChI=1S/2C22H36O2.4C21H34O2/c2*1-14(23)17-7-8-18-16-6-5-15-13-20(2,24)11-12-21(15,3)19(16)9-10-22(17,18)4;4*1-13(22)17-6-7-18-16-5-4-14-12-15(23)8-10-20(14,2)19(16)9-11-21(17,18)3/h2*15-19,24H,5-13H2,1-4H3;4*14-19,23H,4-12H2,1-3H3/t2*15-,16+,17-,18+,19+,20-,21+,22-;14-,15+,16+,17-,18+,19+,20+,21-;14-,15+,16-,17+,18-,19-,20-,21+;2*14-,15-,16+,17-,18+,19+,20+,21-/m111011/s1/i15D,17D;15D;14D;14D,15D,17D;15D,17D;14D,17D. The third kappa shape index (κ3) is 17.7. The molecule has 0 aromatic rings. The Morgan fingerprint density at radius 1 is 0.207 bits per heavy atom. The number of carbonyl (C=O) groups excluding carboxylic acids is 6. The lowest BCUT2D eigenvalue weighted by molar-refractivity contribution is -0.150. The molecular formula is C128H208O12. The molecule has 24 aliphatic carbocycles. The lowest BCUT2D eigenvalue weighted by Crippen LogP contribution is -2.55. The van der Waals surface area contributed by atoms with Crippen molar-refractivity contribution in [1.29, 1.82) is 0 Å². The Bertz CT molecular complexity index is 5080. The highest BCUT2D eigenvalue weighted by Gasteiger charge is 2.70. The fraction of sp³-hybridized carbons (Fsp3) is 0.953. The first-order valence-corrected chi connectivity index (χ1v) is 59.4. The lowest BCUT2D eigenvalue weighted by Gasteiger charge is -2.61. The quantitative estimate of drug-likeness (QED) is 0.146. The number of fused-ring (bicyclic) bond motifs is 30. The van der Waals surface area contributed by atoms with Gasteiger partial charge in [0.1, 0.15) is 34.7 Å². The molecule has 140 heavy (non-hydrogen) atoms. The number of aliphatic hydroxyl groups is 6. The molecule has 0 spiro atoms. The van der Waals surface area contributed by atoms with Crippen molar-refractivity contribution < 1.29 is 74.5 Å². The molecule has 792 valence electrons.